The van der Waals surface area contributed by atoms with Crippen LogP contribution in [0.2, 0.25) is 0 Å². The van der Waals surface area contributed by atoms with Crippen LogP contribution in [0.4, 0.5) is 5.69 Å². The average Bonchev–Trinajstić information content (AvgIpc) is 3.17. The fourth-order valence-electron chi connectivity index (χ4n) is 2.43. The summed E-state index contributed by atoms with van der Waals surface area (Å²) in [6.07, 6.45) is 3.47. The Bertz CT molecular complexity index is 942. The molecular formula is C20H20N4O2S2. The highest BCUT2D eigenvalue weighted by Crippen LogP contribution is 2.25. The largest absolute Gasteiger partial charge is 0.349 e. The van der Waals surface area contributed by atoms with E-state index in [0.717, 1.165) is 26.8 Å². The molecule has 144 valence electrons. The summed E-state index contributed by atoms with van der Waals surface area (Å²) in [7, 11) is 0. The first-order chi connectivity index (χ1) is 13.5. The minimum atomic E-state index is -0.244. The molecule has 28 heavy (non-hydrogen) atoms. The third-order valence-corrected chi connectivity index (χ3v) is 5.76. The number of aromatic nitrogens is 2. The van der Waals surface area contributed by atoms with E-state index in [1.165, 1.54) is 30.0 Å². The van der Waals surface area contributed by atoms with Crippen molar-refractivity contribution in [1.82, 2.24) is 15.3 Å². The monoisotopic (exact) mass is 412 g/mol. The van der Waals surface area contributed by atoms with Crippen LogP contribution in [-0.4, -0.2) is 27.0 Å². The third-order valence-electron chi connectivity index (χ3n) is 3.80. The Morgan fingerprint density at radius 3 is 2.54 bits per heavy atom. The normalized spacial score (nSPS) is 11.6. The van der Waals surface area contributed by atoms with Gasteiger partial charge in [0.05, 0.1) is 17.5 Å². The fourth-order valence-corrected chi connectivity index (χ4v) is 4.07. The lowest BCUT2D eigenvalue weighted by molar-refractivity contribution is -0.120. The van der Waals surface area contributed by atoms with Gasteiger partial charge in [-0.1, -0.05) is 0 Å². The molecule has 6 nitrogen and oxygen atoms in total. The molecule has 0 aliphatic carbocycles. The number of thioether (sulfide) groups is 1. The molecule has 0 saturated carbocycles. The maximum atomic E-state index is 12.4. The SMILES string of the molecule is CC(=O)Nc1ccc(SC(C)C(=O)NCc2nc(-c3ccncc3)cs2)cc1. The van der Waals surface area contributed by atoms with E-state index in [-0.39, 0.29) is 17.1 Å². The van der Waals surface area contributed by atoms with Crippen LogP contribution >= 0.6 is 23.1 Å². The van der Waals surface area contributed by atoms with Gasteiger partial charge < -0.3 is 10.6 Å². The Kier molecular flexibility index (Phi) is 6.78. The number of benzene rings is 1. The second kappa shape index (κ2) is 9.48. The van der Waals surface area contributed by atoms with Gasteiger partial charge in [-0.15, -0.1) is 23.1 Å². The van der Waals surface area contributed by atoms with E-state index < -0.39 is 0 Å². The molecule has 2 heterocycles. The first-order valence-electron chi connectivity index (χ1n) is 8.68. The number of hydrogen-bond acceptors (Lipinski definition) is 6. The van der Waals surface area contributed by atoms with Crippen molar-refractivity contribution in [2.75, 3.05) is 5.32 Å². The third kappa shape index (κ3) is 5.64. The quantitative estimate of drug-likeness (QED) is 0.574. The number of hydrogen-bond donors (Lipinski definition) is 2. The van der Waals surface area contributed by atoms with E-state index >= 15 is 0 Å². The van der Waals surface area contributed by atoms with Crippen molar-refractivity contribution in [2.45, 2.75) is 30.5 Å². The zero-order valence-corrected chi connectivity index (χ0v) is 17.1. The molecule has 3 rings (SSSR count). The van der Waals surface area contributed by atoms with Crippen LogP contribution in [0, 0.1) is 0 Å². The topological polar surface area (TPSA) is 84.0 Å². The number of anilines is 1. The zero-order chi connectivity index (χ0) is 19.9. The van der Waals surface area contributed by atoms with Gasteiger partial charge in [-0.3, -0.25) is 14.6 Å². The van der Waals surface area contributed by atoms with Gasteiger partial charge in [-0.25, -0.2) is 4.98 Å². The van der Waals surface area contributed by atoms with Gasteiger partial charge in [0, 0.05) is 40.8 Å². The van der Waals surface area contributed by atoms with E-state index in [9.17, 15) is 9.59 Å². The lowest BCUT2D eigenvalue weighted by atomic mass is 10.2. The predicted molar refractivity (Wildman–Crippen MR) is 113 cm³/mol. The van der Waals surface area contributed by atoms with Gasteiger partial charge in [0.1, 0.15) is 5.01 Å². The summed E-state index contributed by atoms with van der Waals surface area (Å²) in [5.41, 5.74) is 2.64. The van der Waals surface area contributed by atoms with Crippen molar-refractivity contribution < 1.29 is 9.59 Å². The standard InChI is InChI=1S/C20H20N4O2S2/c1-13(28-17-5-3-16(4-6-17)23-14(2)25)20(26)22-11-19-24-18(12-27-19)15-7-9-21-10-8-15/h3-10,12-13H,11H2,1-2H3,(H,22,26)(H,23,25). The highest BCUT2D eigenvalue weighted by molar-refractivity contribution is 8.00. The number of carbonyl (C=O) groups is 2. The van der Waals surface area contributed by atoms with Crippen molar-refractivity contribution in [1.29, 1.82) is 0 Å². The number of amides is 2. The number of nitrogens with zero attached hydrogens (tertiary/aromatic N) is 2. The lowest BCUT2D eigenvalue weighted by Gasteiger charge is -2.11. The summed E-state index contributed by atoms with van der Waals surface area (Å²) in [6.45, 7) is 3.74. The maximum Gasteiger partial charge on any atom is 0.233 e. The summed E-state index contributed by atoms with van der Waals surface area (Å²) in [4.78, 5) is 33.0. The van der Waals surface area contributed by atoms with Gasteiger partial charge >= 0.3 is 0 Å². The van der Waals surface area contributed by atoms with Crippen LogP contribution in [0.15, 0.2) is 59.1 Å². The predicted octanol–water partition coefficient (Wildman–Crippen LogP) is 3.96. The Hall–Kier alpha value is -2.71. The molecule has 2 aromatic heterocycles. The van der Waals surface area contributed by atoms with Gasteiger partial charge in [0.15, 0.2) is 0 Å². The number of pyridine rings is 1. The van der Waals surface area contributed by atoms with Crippen LogP contribution in [0.5, 0.6) is 0 Å². The molecule has 2 N–H and O–H groups in total. The molecule has 1 atom stereocenters. The molecule has 2 amide bonds. The van der Waals surface area contributed by atoms with E-state index in [0.29, 0.717) is 6.54 Å². The van der Waals surface area contributed by atoms with Gasteiger partial charge in [-0.05, 0) is 43.3 Å². The Balaban J connectivity index is 1.50. The molecule has 0 saturated heterocycles. The molecule has 3 aromatic rings. The number of carbonyl (C=O) groups excluding carboxylic acids is 2. The average molecular weight is 413 g/mol. The van der Waals surface area contributed by atoms with Gasteiger partial charge in [-0.2, -0.15) is 0 Å². The highest BCUT2D eigenvalue weighted by atomic mass is 32.2. The maximum absolute atomic E-state index is 12.4. The molecule has 8 heteroatoms. The summed E-state index contributed by atoms with van der Waals surface area (Å²) < 4.78 is 0. The van der Waals surface area contributed by atoms with Crippen molar-refractivity contribution in [3.8, 4) is 11.3 Å². The van der Waals surface area contributed by atoms with E-state index in [2.05, 4.69) is 20.6 Å². The van der Waals surface area contributed by atoms with Gasteiger partial charge in [0.25, 0.3) is 0 Å². The second-order valence-electron chi connectivity index (χ2n) is 6.05. The molecule has 0 spiro atoms. The first-order valence-corrected chi connectivity index (χ1v) is 10.4. The summed E-state index contributed by atoms with van der Waals surface area (Å²) in [6, 6.07) is 11.2. The molecule has 0 aliphatic rings. The van der Waals surface area contributed by atoms with E-state index in [1.54, 1.807) is 12.4 Å². The second-order valence-corrected chi connectivity index (χ2v) is 8.40. The highest BCUT2D eigenvalue weighted by Gasteiger charge is 2.15. The van der Waals surface area contributed by atoms with Crippen molar-refractivity contribution in [2.24, 2.45) is 0 Å². The van der Waals surface area contributed by atoms with E-state index in [4.69, 9.17) is 0 Å². The van der Waals surface area contributed by atoms with Crippen molar-refractivity contribution >= 4 is 40.6 Å². The van der Waals surface area contributed by atoms with Crippen LogP contribution in [0.1, 0.15) is 18.9 Å². The van der Waals surface area contributed by atoms with Crippen LogP contribution in [0.3, 0.4) is 0 Å². The summed E-state index contributed by atoms with van der Waals surface area (Å²) in [5.74, 6) is -0.154. The molecule has 0 aliphatic heterocycles. The summed E-state index contributed by atoms with van der Waals surface area (Å²) >= 11 is 2.99. The Labute approximate surface area is 171 Å². The Morgan fingerprint density at radius 2 is 1.86 bits per heavy atom. The van der Waals surface area contributed by atoms with Crippen LogP contribution in [0.25, 0.3) is 11.3 Å². The Morgan fingerprint density at radius 1 is 1.14 bits per heavy atom. The molecule has 0 fully saturated rings. The van der Waals surface area contributed by atoms with Crippen LogP contribution < -0.4 is 10.6 Å². The molecular weight excluding hydrogens is 392 g/mol. The van der Waals surface area contributed by atoms with Crippen molar-refractivity contribution in [3.05, 3.63) is 59.2 Å². The molecule has 1 aromatic carbocycles. The van der Waals surface area contributed by atoms with E-state index in [1.807, 2.05) is 48.7 Å². The molecule has 0 radical (unpaired) electrons. The molecule has 0 bridgehead atoms. The lowest BCUT2D eigenvalue weighted by Crippen LogP contribution is -2.30. The smallest absolute Gasteiger partial charge is 0.233 e. The molecule has 1 unspecified atom stereocenters. The van der Waals surface area contributed by atoms with Crippen LogP contribution in [-0.2, 0) is 16.1 Å². The number of thiazole rings is 1. The van der Waals surface area contributed by atoms with Crippen molar-refractivity contribution in [3.63, 3.8) is 0 Å². The fraction of sp³-hybridized carbons (Fsp3) is 0.200. The number of rotatable bonds is 7. The first kappa shape index (κ1) is 20.0. The summed E-state index contributed by atoms with van der Waals surface area (Å²) in [5, 5.41) is 8.26. The zero-order valence-electron chi connectivity index (χ0n) is 15.5. The minimum absolute atomic E-state index is 0.0448. The minimum Gasteiger partial charge on any atom is -0.349 e. The van der Waals surface area contributed by atoms with Gasteiger partial charge in [0.2, 0.25) is 11.8 Å². The number of nitrogens with one attached hydrogen (secondary N) is 2.